The largest absolute Gasteiger partial charge is 0.377 e. The third-order valence-corrected chi connectivity index (χ3v) is 5.48. The molecule has 116 valence electrons. The van der Waals surface area contributed by atoms with Gasteiger partial charge in [-0.2, -0.15) is 0 Å². The number of piperazine rings is 1. The van der Waals surface area contributed by atoms with Gasteiger partial charge in [0.1, 0.15) is 0 Å². The molecule has 2 aliphatic carbocycles. The molecule has 3 aliphatic rings. The second kappa shape index (κ2) is 6.76. The molecule has 2 atom stereocenters. The molecule has 20 heavy (non-hydrogen) atoms. The highest BCUT2D eigenvalue weighted by molar-refractivity contribution is 4.95. The first-order valence-corrected chi connectivity index (χ1v) is 8.83. The summed E-state index contributed by atoms with van der Waals surface area (Å²) in [5.41, 5.74) is 0. The van der Waals surface area contributed by atoms with Crippen LogP contribution in [0.1, 0.15) is 52.4 Å². The van der Waals surface area contributed by atoms with E-state index in [1.165, 1.54) is 51.6 Å². The smallest absolute Gasteiger partial charge is 0.0597 e. The van der Waals surface area contributed by atoms with E-state index >= 15 is 0 Å². The molecule has 0 radical (unpaired) electrons. The highest BCUT2D eigenvalue weighted by Crippen LogP contribution is 2.34. The van der Waals surface area contributed by atoms with E-state index in [9.17, 15) is 0 Å². The number of hydrogen-bond acceptors (Lipinski definition) is 3. The van der Waals surface area contributed by atoms with Gasteiger partial charge in [0.15, 0.2) is 0 Å². The lowest BCUT2D eigenvalue weighted by atomic mass is 9.97. The highest BCUT2D eigenvalue weighted by atomic mass is 16.5. The SMILES string of the molecule is CC(C)C1CNC(C2CC2)CN1CCOC1CCCC1. The summed E-state index contributed by atoms with van der Waals surface area (Å²) < 4.78 is 6.08. The number of ether oxygens (including phenoxy) is 1. The van der Waals surface area contributed by atoms with Crippen molar-refractivity contribution in [2.75, 3.05) is 26.2 Å². The lowest BCUT2D eigenvalue weighted by Gasteiger charge is -2.42. The minimum Gasteiger partial charge on any atom is -0.377 e. The van der Waals surface area contributed by atoms with E-state index in [2.05, 4.69) is 24.1 Å². The van der Waals surface area contributed by atoms with Gasteiger partial charge in [-0.05, 0) is 37.5 Å². The van der Waals surface area contributed by atoms with Crippen molar-refractivity contribution >= 4 is 0 Å². The van der Waals surface area contributed by atoms with Crippen LogP contribution in [0.25, 0.3) is 0 Å². The molecule has 3 heteroatoms. The summed E-state index contributed by atoms with van der Waals surface area (Å²) >= 11 is 0. The van der Waals surface area contributed by atoms with Crippen molar-refractivity contribution in [3.63, 3.8) is 0 Å². The Hall–Kier alpha value is -0.120. The number of nitrogens with one attached hydrogen (secondary N) is 1. The van der Waals surface area contributed by atoms with Gasteiger partial charge in [-0.3, -0.25) is 4.90 Å². The second-order valence-electron chi connectivity index (χ2n) is 7.44. The van der Waals surface area contributed by atoms with Crippen LogP contribution in [0.15, 0.2) is 0 Å². The van der Waals surface area contributed by atoms with E-state index in [0.29, 0.717) is 12.1 Å². The van der Waals surface area contributed by atoms with Gasteiger partial charge in [0.05, 0.1) is 12.7 Å². The maximum atomic E-state index is 6.08. The molecular weight excluding hydrogens is 248 g/mol. The molecule has 2 unspecified atom stereocenters. The molecule has 0 aromatic heterocycles. The van der Waals surface area contributed by atoms with Gasteiger partial charge in [-0.25, -0.2) is 0 Å². The summed E-state index contributed by atoms with van der Waals surface area (Å²) in [7, 11) is 0. The Morgan fingerprint density at radius 2 is 1.90 bits per heavy atom. The van der Waals surface area contributed by atoms with E-state index in [0.717, 1.165) is 31.0 Å². The van der Waals surface area contributed by atoms with Crippen molar-refractivity contribution in [3.05, 3.63) is 0 Å². The Balaban J connectivity index is 1.46. The standard InChI is InChI=1S/C17H32N2O/c1-13(2)17-11-18-16(14-7-8-14)12-19(17)9-10-20-15-5-3-4-6-15/h13-18H,3-12H2,1-2H3. The molecule has 3 fully saturated rings. The Kier molecular flexibility index (Phi) is 5.00. The second-order valence-corrected chi connectivity index (χ2v) is 7.44. The fraction of sp³-hybridized carbons (Fsp3) is 1.00. The van der Waals surface area contributed by atoms with Crippen molar-refractivity contribution in [1.29, 1.82) is 0 Å². The predicted octanol–water partition coefficient (Wildman–Crippen LogP) is 2.65. The Morgan fingerprint density at radius 1 is 1.15 bits per heavy atom. The van der Waals surface area contributed by atoms with Crippen LogP contribution in [0.5, 0.6) is 0 Å². The highest BCUT2D eigenvalue weighted by Gasteiger charge is 2.37. The van der Waals surface area contributed by atoms with E-state index in [1.54, 1.807) is 0 Å². The molecule has 2 saturated carbocycles. The monoisotopic (exact) mass is 280 g/mol. The van der Waals surface area contributed by atoms with Crippen molar-refractivity contribution in [3.8, 4) is 0 Å². The molecule has 0 aromatic carbocycles. The molecule has 1 heterocycles. The van der Waals surface area contributed by atoms with Gasteiger partial charge in [-0.1, -0.05) is 26.7 Å². The molecule has 3 rings (SSSR count). The molecule has 1 aliphatic heterocycles. The molecule has 0 bridgehead atoms. The minimum atomic E-state index is 0.564. The van der Waals surface area contributed by atoms with E-state index in [4.69, 9.17) is 4.74 Å². The van der Waals surface area contributed by atoms with Gasteiger partial charge in [0.25, 0.3) is 0 Å². The average Bonchev–Trinajstić information content (AvgIpc) is 3.16. The Labute approximate surface area is 124 Å². The molecule has 0 aromatic rings. The van der Waals surface area contributed by atoms with Crippen molar-refractivity contribution in [2.24, 2.45) is 11.8 Å². The van der Waals surface area contributed by atoms with Gasteiger partial charge >= 0.3 is 0 Å². The summed E-state index contributed by atoms with van der Waals surface area (Å²) in [4.78, 5) is 2.71. The van der Waals surface area contributed by atoms with Gasteiger partial charge in [0, 0.05) is 31.7 Å². The molecular formula is C17H32N2O. The summed E-state index contributed by atoms with van der Waals surface area (Å²) in [6.45, 7) is 9.18. The van der Waals surface area contributed by atoms with Crippen LogP contribution in [0.3, 0.4) is 0 Å². The first kappa shape index (κ1) is 14.8. The molecule has 1 N–H and O–H groups in total. The van der Waals surface area contributed by atoms with Crippen LogP contribution >= 0.6 is 0 Å². The summed E-state index contributed by atoms with van der Waals surface area (Å²) in [6.07, 6.45) is 8.77. The fourth-order valence-corrected chi connectivity index (χ4v) is 3.97. The minimum absolute atomic E-state index is 0.564. The van der Waals surface area contributed by atoms with Crippen LogP contribution in [-0.4, -0.2) is 49.3 Å². The number of nitrogens with zero attached hydrogens (tertiary/aromatic N) is 1. The van der Waals surface area contributed by atoms with Crippen LogP contribution in [0.2, 0.25) is 0 Å². The quantitative estimate of drug-likeness (QED) is 0.809. The first-order valence-electron chi connectivity index (χ1n) is 8.83. The molecule has 1 saturated heterocycles. The third kappa shape index (κ3) is 3.75. The van der Waals surface area contributed by atoms with Gasteiger partial charge in [-0.15, -0.1) is 0 Å². The van der Waals surface area contributed by atoms with E-state index in [-0.39, 0.29) is 0 Å². The zero-order chi connectivity index (χ0) is 13.9. The topological polar surface area (TPSA) is 24.5 Å². The Bertz CT molecular complexity index is 297. The summed E-state index contributed by atoms with van der Waals surface area (Å²) in [5.74, 6) is 1.69. The van der Waals surface area contributed by atoms with Crippen molar-refractivity contribution in [1.82, 2.24) is 10.2 Å². The fourth-order valence-electron chi connectivity index (χ4n) is 3.97. The average molecular weight is 280 g/mol. The first-order chi connectivity index (χ1) is 9.74. The Morgan fingerprint density at radius 3 is 2.55 bits per heavy atom. The van der Waals surface area contributed by atoms with Gasteiger partial charge < -0.3 is 10.1 Å². The predicted molar refractivity (Wildman–Crippen MR) is 82.9 cm³/mol. The zero-order valence-electron chi connectivity index (χ0n) is 13.3. The van der Waals surface area contributed by atoms with Crippen LogP contribution in [0, 0.1) is 11.8 Å². The van der Waals surface area contributed by atoms with Crippen molar-refractivity contribution in [2.45, 2.75) is 70.6 Å². The molecule has 3 nitrogen and oxygen atoms in total. The van der Waals surface area contributed by atoms with Gasteiger partial charge in [0.2, 0.25) is 0 Å². The van der Waals surface area contributed by atoms with E-state index < -0.39 is 0 Å². The van der Waals surface area contributed by atoms with E-state index in [1.807, 2.05) is 0 Å². The summed E-state index contributed by atoms with van der Waals surface area (Å²) in [5, 5.41) is 3.79. The van der Waals surface area contributed by atoms with Crippen LogP contribution in [0.4, 0.5) is 0 Å². The van der Waals surface area contributed by atoms with Crippen LogP contribution in [-0.2, 0) is 4.74 Å². The summed E-state index contributed by atoms with van der Waals surface area (Å²) in [6, 6.07) is 1.44. The van der Waals surface area contributed by atoms with Crippen LogP contribution < -0.4 is 5.32 Å². The maximum absolute atomic E-state index is 6.08. The number of rotatable bonds is 6. The maximum Gasteiger partial charge on any atom is 0.0597 e. The van der Waals surface area contributed by atoms with Crippen molar-refractivity contribution < 1.29 is 4.74 Å². The molecule has 0 amide bonds. The lowest BCUT2D eigenvalue weighted by molar-refractivity contribution is 0.0148. The third-order valence-electron chi connectivity index (χ3n) is 5.48. The molecule has 0 spiro atoms. The number of hydrogen-bond donors (Lipinski definition) is 1. The zero-order valence-corrected chi connectivity index (χ0v) is 13.3. The lowest BCUT2D eigenvalue weighted by Crippen LogP contribution is -2.59. The normalized spacial score (nSPS) is 33.1.